The fraction of sp³-hybridized carbons (Fsp3) is 0.652. The summed E-state index contributed by atoms with van der Waals surface area (Å²) in [7, 11) is 1.03. The van der Waals surface area contributed by atoms with Crippen LogP contribution in [0, 0.1) is 0 Å². The first kappa shape index (κ1) is 30.7. The highest BCUT2D eigenvalue weighted by Gasteiger charge is 2.40. The Hall–Kier alpha value is -3.49. The van der Waals surface area contributed by atoms with Gasteiger partial charge in [-0.3, -0.25) is 0 Å². The molecule has 1 aromatic rings. The van der Waals surface area contributed by atoms with Gasteiger partial charge in [0.25, 0.3) is 0 Å². The Morgan fingerprint density at radius 1 is 1.08 bits per heavy atom. The van der Waals surface area contributed by atoms with E-state index in [1.807, 2.05) is 0 Å². The van der Waals surface area contributed by atoms with Crippen molar-refractivity contribution in [2.75, 3.05) is 38.4 Å². The number of aromatic nitrogens is 1. The highest BCUT2D eigenvalue weighted by molar-refractivity contribution is 5.93. The number of aliphatic hydroxyl groups is 1. The maximum atomic E-state index is 13.6. The first-order chi connectivity index (χ1) is 17.4. The first-order valence-electron chi connectivity index (χ1n) is 11.7. The molecule has 2 heterocycles. The van der Waals surface area contributed by atoms with Gasteiger partial charge in [0, 0.05) is 19.6 Å². The number of ether oxygens (including phenoxy) is 3. The number of piperazine rings is 1. The largest absolute Gasteiger partial charge is 0.494 e. The van der Waals surface area contributed by atoms with Crippen LogP contribution in [0.1, 0.15) is 47.2 Å². The van der Waals surface area contributed by atoms with Crippen molar-refractivity contribution in [1.82, 2.24) is 20.2 Å². The lowest BCUT2D eigenvalue weighted by Gasteiger charge is -2.42. The number of amides is 4. The third-order valence-electron chi connectivity index (χ3n) is 4.95. The van der Waals surface area contributed by atoms with Crippen molar-refractivity contribution in [1.29, 1.82) is 0 Å². The van der Waals surface area contributed by atoms with Gasteiger partial charge in [0.2, 0.25) is 0 Å². The summed E-state index contributed by atoms with van der Waals surface area (Å²) >= 11 is 0. The van der Waals surface area contributed by atoms with E-state index in [4.69, 9.17) is 14.2 Å². The van der Waals surface area contributed by atoms with Gasteiger partial charge in [-0.15, -0.1) is 0 Å². The molecule has 1 fully saturated rings. The van der Waals surface area contributed by atoms with E-state index in [0.29, 0.717) is 5.01 Å². The minimum atomic E-state index is -4.94. The van der Waals surface area contributed by atoms with Gasteiger partial charge < -0.3 is 29.1 Å². The minimum absolute atomic E-state index is 0.00126. The quantitative estimate of drug-likeness (QED) is 0.548. The standard InChI is InChI=1S/C23H34F3N5O7/c1-21(2,3)37-18(33)28-31(16-9-8-15(36-7)17(27-16)23(24,25)26)19(34)30-11-10-29(12-14(30)13-32)20(35)38-22(4,5)6/h8-9,14,32H,10-13H2,1-7H3,(H,28,33). The minimum Gasteiger partial charge on any atom is -0.494 e. The number of methoxy groups -OCH3 is 1. The second-order valence-electron chi connectivity index (χ2n) is 10.4. The number of alkyl halides is 3. The number of hydrazine groups is 1. The molecule has 0 spiro atoms. The van der Waals surface area contributed by atoms with Crippen LogP contribution in [0.4, 0.5) is 33.4 Å². The van der Waals surface area contributed by atoms with Crippen LogP contribution in [-0.4, -0.2) is 88.7 Å². The number of carbonyl (C=O) groups excluding carboxylic acids is 3. The summed E-state index contributed by atoms with van der Waals surface area (Å²) in [6.45, 7) is 8.90. The topological polar surface area (TPSA) is 134 Å². The molecular weight excluding hydrogens is 515 g/mol. The number of carbonyl (C=O) groups is 3. The lowest BCUT2D eigenvalue weighted by molar-refractivity contribution is -0.142. The molecule has 0 aromatic carbocycles. The van der Waals surface area contributed by atoms with Crippen molar-refractivity contribution >= 4 is 24.0 Å². The van der Waals surface area contributed by atoms with E-state index in [-0.39, 0.29) is 19.6 Å². The maximum Gasteiger partial charge on any atom is 0.437 e. The van der Waals surface area contributed by atoms with Crippen molar-refractivity contribution in [3.05, 3.63) is 17.8 Å². The summed E-state index contributed by atoms with van der Waals surface area (Å²) in [6, 6.07) is 0.0250. The number of hydrogen-bond acceptors (Lipinski definition) is 8. The zero-order valence-electron chi connectivity index (χ0n) is 22.4. The average molecular weight is 550 g/mol. The number of nitrogens with one attached hydrogen (secondary N) is 1. The summed E-state index contributed by atoms with van der Waals surface area (Å²) in [4.78, 5) is 44.5. The zero-order chi connectivity index (χ0) is 29.1. The van der Waals surface area contributed by atoms with Gasteiger partial charge in [-0.05, 0) is 53.7 Å². The van der Waals surface area contributed by atoms with E-state index >= 15 is 0 Å². The number of nitrogens with zero attached hydrogens (tertiary/aromatic N) is 4. The molecule has 1 aliphatic heterocycles. The van der Waals surface area contributed by atoms with Gasteiger partial charge in [-0.2, -0.15) is 18.2 Å². The summed E-state index contributed by atoms with van der Waals surface area (Å²) < 4.78 is 56.1. The summed E-state index contributed by atoms with van der Waals surface area (Å²) in [5.74, 6) is -1.18. The number of rotatable bonds is 3. The Bertz CT molecular complexity index is 1020. The van der Waals surface area contributed by atoms with Gasteiger partial charge >= 0.3 is 24.4 Å². The van der Waals surface area contributed by atoms with Crippen molar-refractivity contribution in [3.63, 3.8) is 0 Å². The Labute approximate surface area is 218 Å². The molecule has 1 saturated heterocycles. The van der Waals surface area contributed by atoms with Gasteiger partial charge in [0.1, 0.15) is 17.0 Å². The highest BCUT2D eigenvalue weighted by atomic mass is 19.4. The number of anilines is 1. The molecule has 12 nitrogen and oxygen atoms in total. The van der Waals surface area contributed by atoms with Gasteiger partial charge in [0.15, 0.2) is 11.5 Å². The van der Waals surface area contributed by atoms with Gasteiger partial charge in [0.05, 0.1) is 19.8 Å². The van der Waals surface area contributed by atoms with E-state index in [9.17, 15) is 32.7 Å². The third kappa shape index (κ3) is 8.26. The Morgan fingerprint density at radius 2 is 1.68 bits per heavy atom. The van der Waals surface area contributed by atoms with Crippen molar-refractivity contribution in [3.8, 4) is 5.75 Å². The second kappa shape index (κ2) is 11.5. The molecule has 38 heavy (non-hydrogen) atoms. The molecule has 0 bridgehead atoms. The number of halogens is 3. The summed E-state index contributed by atoms with van der Waals surface area (Å²) in [6.07, 6.45) is -6.72. The molecular formula is C23H34F3N5O7. The summed E-state index contributed by atoms with van der Waals surface area (Å²) in [5.41, 5.74) is -1.05. The Morgan fingerprint density at radius 3 is 2.18 bits per heavy atom. The molecule has 1 unspecified atom stereocenters. The van der Waals surface area contributed by atoms with Gasteiger partial charge in [-0.25, -0.2) is 24.8 Å². The molecule has 0 aliphatic carbocycles. The number of aliphatic hydroxyl groups excluding tert-OH is 1. The van der Waals surface area contributed by atoms with E-state index in [0.717, 1.165) is 24.1 Å². The Balaban J connectivity index is 2.42. The van der Waals surface area contributed by atoms with Crippen LogP contribution in [0.5, 0.6) is 5.75 Å². The second-order valence-corrected chi connectivity index (χ2v) is 10.4. The lowest BCUT2D eigenvalue weighted by atomic mass is 10.2. The van der Waals surface area contributed by atoms with Crippen molar-refractivity contribution in [2.45, 2.75) is 65.0 Å². The lowest BCUT2D eigenvalue weighted by Crippen LogP contribution is -2.63. The molecule has 214 valence electrons. The van der Waals surface area contributed by atoms with E-state index in [1.165, 1.54) is 4.90 Å². The smallest absolute Gasteiger partial charge is 0.437 e. The predicted molar refractivity (Wildman–Crippen MR) is 128 cm³/mol. The molecule has 2 N–H and O–H groups in total. The molecule has 0 radical (unpaired) electrons. The fourth-order valence-corrected chi connectivity index (χ4v) is 3.41. The maximum absolute atomic E-state index is 13.6. The van der Waals surface area contributed by atoms with Crippen LogP contribution in [0.25, 0.3) is 0 Å². The average Bonchev–Trinajstić information content (AvgIpc) is 2.78. The van der Waals surface area contributed by atoms with Crippen molar-refractivity contribution in [2.24, 2.45) is 0 Å². The molecule has 1 aromatic heterocycles. The van der Waals surface area contributed by atoms with Crippen LogP contribution in [0.2, 0.25) is 0 Å². The fourth-order valence-electron chi connectivity index (χ4n) is 3.41. The third-order valence-corrected chi connectivity index (χ3v) is 4.95. The van der Waals surface area contributed by atoms with Crippen LogP contribution >= 0.6 is 0 Å². The number of pyridine rings is 1. The Kier molecular flexibility index (Phi) is 9.30. The predicted octanol–water partition coefficient (Wildman–Crippen LogP) is 3.39. The highest BCUT2D eigenvalue weighted by Crippen LogP contribution is 2.36. The van der Waals surface area contributed by atoms with E-state index in [1.54, 1.807) is 41.5 Å². The van der Waals surface area contributed by atoms with Crippen LogP contribution in [-0.2, 0) is 15.7 Å². The molecule has 4 amide bonds. The zero-order valence-corrected chi connectivity index (χ0v) is 22.4. The van der Waals surface area contributed by atoms with Crippen LogP contribution in [0.3, 0.4) is 0 Å². The first-order valence-corrected chi connectivity index (χ1v) is 11.7. The molecule has 1 aliphatic rings. The van der Waals surface area contributed by atoms with Gasteiger partial charge in [-0.1, -0.05) is 0 Å². The summed E-state index contributed by atoms with van der Waals surface area (Å²) in [5, 5.41) is 10.5. The SMILES string of the molecule is COc1ccc(N(NC(=O)OC(C)(C)C)C(=O)N2CCN(C(=O)OC(C)(C)C)CC2CO)nc1C(F)(F)F. The molecule has 2 rings (SSSR count). The molecule has 1 atom stereocenters. The van der Waals surface area contributed by atoms with E-state index < -0.39 is 65.5 Å². The van der Waals surface area contributed by atoms with Crippen molar-refractivity contribution < 1.29 is 46.9 Å². The number of urea groups is 1. The van der Waals surface area contributed by atoms with Crippen LogP contribution < -0.4 is 15.2 Å². The molecule has 15 heteroatoms. The monoisotopic (exact) mass is 549 g/mol. The van der Waals surface area contributed by atoms with E-state index in [2.05, 4.69) is 10.4 Å². The number of hydrogen-bond donors (Lipinski definition) is 2. The van der Waals surface area contributed by atoms with Crippen LogP contribution in [0.15, 0.2) is 12.1 Å². The normalized spacial score (nSPS) is 16.6. The molecule has 0 saturated carbocycles.